The fourth-order valence-corrected chi connectivity index (χ4v) is 3.73. The molecule has 0 radical (unpaired) electrons. The third kappa shape index (κ3) is 3.71. The number of fused-ring (bicyclic) bond motifs is 2. The van der Waals surface area contributed by atoms with Crippen molar-refractivity contribution in [1.82, 2.24) is 0 Å². The van der Waals surface area contributed by atoms with Gasteiger partial charge in [-0.2, -0.15) is 0 Å². The number of hydrogen-bond acceptors (Lipinski definition) is 2. The van der Waals surface area contributed by atoms with E-state index in [-0.39, 0.29) is 0 Å². The molecular weight excluding hydrogens is 376 g/mol. The Kier molecular flexibility index (Phi) is 5.14. The maximum absolute atomic E-state index is 11.2. The van der Waals surface area contributed by atoms with Crippen LogP contribution in [0, 0.1) is 0 Å². The highest BCUT2D eigenvalue weighted by molar-refractivity contribution is 6.11. The quantitative estimate of drug-likeness (QED) is 0.416. The van der Waals surface area contributed by atoms with Gasteiger partial charge >= 0.3 is 11.9 Å². The lowest BCUT2D eigenvalue weighted by Crippen LogP contribution is -1.94. The Balaban J connectivity index is 2.16. The molecule has 0 aliphatic carbocycles. The van der Waals surface area contributed by atoms with Crippen molar-refractivity contribution in [3.63, 3.8) is 0 Å². The van der Waals surface area contributed by atoms with E-state index in [9.17, 15) is 9.59 Å². The van der Waals surface area contributed by atoms with Crippen molar-refractivity contribution in [3.05, 3.63) is 96.1 Å². The van der Waals surface area contributed by atoms with E-state index < -0.39 is 11.9 Å². The normalized spacial score (nSPS) is 11.6. The molecule has 0 aliphatic heterocycles. The van der Waals surface area contributed by atoms with Crippen molar-refractivity contribution in [3.8, 4) is 11.1 Å². The SMILES string of the molecule is O=C(O)/C=C/c1ccc2ccccc2c1-c1c(/C=C/C(=O)O)ccc2ccccc12. The molecule has 4 aromatic rings. The molecule has 0 spiro atoms. The van der Waals surface area contributed by atoms with Crippen LogP contribution < -0.4 is 0 Å². The van der Waals surface area contributed by atoms with E-state index in [0.717, 1.165) is 56.0 Å². The molecule has 0 atom stereocenters. The first-order valence-corrected chi connectivity index (χ1v) is 9.40. The van der Waals surface area contributed by atoms with Crippen LogP contribution in [-0.4, -0.2) is 22.2 Å². The minimum Gasteiger partial charge on any atom is -0.478 e. The number of hydrogen-bond donors (Lipinski definition) is 2. The lowest BCUT2D eigenvalue weighted by molar-refractivity contribution is -0.132. The van der Waals surface area contributed by atoms with Crippen LogP contribution in [-0.2, 0) is 9.59 Å². The van der Waals surface area contributed by atoms with Gasteiger partial charge in [-0.15, -0.1) is 0 Å². The lowest BCUT2D eigenvalue weighted by Gasteiger charge is -2.17. The fraction of sp³-hybridized carbons (Fsp3) is 0. The molecular formula is C26H18O4. The Labute approximate surface area is 173 Å². The summed E-state index contributed by atoms with van der Waals surface area (Å²) in [4.78, 5) is 22.4. The van der Waals surface area contributed by atoms with Crippen LogP contribution >= 0.6 is 0 Å². The summed E-state index contributed by atoms with van der Waals surface area (Å²) >= 11 is 0. The van der Waals surface area contributed by atoms with Gasteiger partial charge in [0.05, 0.1) is 0 Å². The van der Waals surface area contributed by atoms with E-state index in [0.29, 0.717) is 0 Å². The summed E-state index contributed by atoms with van der Waals surface area (Å²) in [5.41, 5.74) is 3.23. The molecule has 4 heteroatoms. The van der Waals surface area contributed by atoms with Gasteiger partial charge in [0.2, 0.25) is 0 Å². The zero-order chi connectivity index (χ0) is 21.1. The molecule has 0 aliphatic rings. The third-order valence-electron chi connectivity index (χ3n) is 4.98. The minimum absolute atomic E-state index is 0.748. The van der Waals surface area contributed by atoms with Crippen molar-refractivity contribution >= 4 is 45.6 Å². The van der Waals surface area contributed by atoms with Gasteiger partial charge in [-0.05, 0) is 56.0 Å². The molecule has 146 valence electrons. The topological polar surface area (TPSA) is 74.6 Å². The van der Waals surface area contributed by atoms with E-state index in [2.05, 4.69) is 0 Å². The maximum Gasteiger partial charge on any atom is 0.328 e. The van der Waals surface area contributed by atoms with Crippen LogP contribution in [0.4, 0.5) is 0 Å². The Morgan fingerprint density at radius 1 is 0.567 bits per heavy atom. The van der Waals surface area contributed by atoms with E-state index in [4.69, 9.17) is 10.2 Å². The molecule has 0 amide bonds. The van der Waals surface area contributed by atoms with E-state index >= 15 is 0 Å². The highest BCUT2D eigenvalue weighted by atomic mass is 16.4. The van der Waals surface area contributed by atoms with Crippen LogP contribution in [0.15, 0.2) is 84.9 Å². The average molecular weight is 394 g/mol. The van der Waals surface area contributed by atoms with Gasteiger partial charge in [-0.1, -0.05) is 72.8 Å². The molecule has 0 saturated carbocycles. The summed E-state index contributed by atoms with van der Waals surface area (Å²) in [6, 6.07) is 23.5. The summed E-state index contributed by atoms with van der Waals surface area (Å²) in [6.07, 6.45) is 5.39. The average Bonchev–Trinajstić information content (AvgIpc) is 2.75. The number of carboxylic acids is 2. The lowest BCUT2D eigenvalue weighted by atomic mass is 9.87. The predicted molar refractivity (Wildman–Crippen MR) is 120 cm³/mol. The molecule has 4 aromatic carbocycles. The first-order valence-electron chi connectivity index (χ1n) is 9.40. The zero-order valence-electron chi connectivity index (χ0n) is 15.9. The predicted octanol–water partition coefficient (Wildman–Crippen LogP) is 5.86. The van der Waals surface area contributed by atoms with Crippen molar-refractivity contribution in [2.24, 2.45) is 0 Å². The summed E-state index contributed by atoms with van der Waals surface area (Å²) in [6.45, 7) is 0. The monoisotopic (exact) mass is 394 g/mol. The van der Waals surface area contributed by atoms with Crippen LogP contribution in [0.2, 0.25) is 0 Å². The smallest absolute Gasteiger partial charge is 0.328 e. The van der Waals surface area contributed by atoms with Gasteiger partial charge in [-0.3, -0.25) is 0 Å². The molecule has 0 unspecified atom stereocenters. The molecule has 0 aromatic heterocycles. The fourth-order valence-electron chi connectivity index (χ4n) is 3.73. The number of benzene rings is 4. The van der Waals surface area contributed by atoms with Gasteiger partial charge in [0.15, 0.2) is 0 Å². The second-order valence-corrected chi connectivity index (χ2v) is 6.84. The Morgan fingerprint density at radius 2 is 0.967 bits per heavy atom. The molecule has 4 nitrogen and oxygen atoms in total. The summed E-state index contributed by atoms with van der Waals surface area (Å²) in [5.74, 6) is -2.06. The number of carboxylic acid groups (broad SMARTS) is 2. The van der Waals surface area contributed by atoms with Gasteiger partial charge in [0.1, 0.15) is 0 Å². The Bertz CT molecular complexity index is 1240. The van der Waals surface area contributed by atoms with Crippen LogP contribution in [0.25, 0.3) is 44.8 Å². The van der Waals surface area contributed by atoms with Gasteiger partial charge < -0.3 is 10.2 Å². The standard InChI is InChI=1S/C26H18O4/c27-23(28)15-13-19-11-9-17-5-1-3-7-21(17)25(19)26-20(14-16-24(29)30)12-10-18-6-2-4-8-22(18)26/h1-16H,(H,27,28)(H,29,30)/b15-13+,16-14+. The van der Waals surface area contributed by atoms with Gasteiger partial charge in [0, 0.05) is 12.2 Å². The van der Waals surface area contributed by atoms with E-state index in [1.54, 1.807) is 12.2 Å². The first-order chi connectivity index (χ1) is 14.5. The largest absolute Gasteiger partial charge is 0.478 e. The van der Waals surface area contributed by atoms with Crippen LogP contribution in [0.5, 0.6) is 0 Å². The van der Waals surface area contributed by atoms with Gasteiger partial charge in [-0.25, -0.2) is 9.59 Å². The first kappa shape index (κ1) is 19.2. The summed E-state index contributed by atoms with van der Waals surface area (Å²) in [5, 5.41) is 22.3. The maximum atomic E-state index is 11.2. The number of carbonyl (C=O) groups is 2. The Morgan fingerprint density at radius 3 is 1.37 bits per heavy atom. The molecule has 30 heavy (non-hydrogen) atoms. The van der Waals surface area contributed by atoms with Crippen molar-refractivity contribution in [2.45, 2.75) is 0 Å². The molecule has 4 rings (SSSR count). The number of aliphatic carboxylic acids is 2. The van der Waals surface area contributed by atoms with Crippen molar-refractivity contribution in [2.75, 3.05) is 0 Å². The Hall–Kier alpha value is -4.18. The second kappa shape index (κ2) is 8.05. The molecule has 0 fully saturated rings. The zero-order valence-corrected chi connectivity index (χ0v) is 15.9. The minimum atomic E-state index is -1.03. The third-order valence-corrected chi connectivity index (χ3v) is 4.98. The van der Waals surface area contributed by atoms with Crippen LogP contribution in [0.1, 0.15) is 11.1 Å². The van der Waals surface area contributed by atoms with Gasteiger partial charge in [0.25, 0.3) is 0 Å². The van der Waals surface area contributed by atoms with E-state index in [1.165, 1.54) is 0 Å². The number of rotatable bonds is 5. The molecule has 0 bridgehead atoms. The van der Waals surface area contributed by atoms with Crippen LogP contribution in [0.3, 0.4) is 0 Å². The van der Waals surface area contributed by atoms with Crippen molar-refractivity contribution in [1.29, 1.82) is 0 Å². The summed E-state index contributed by atoms with van der Waals surface area (Å²) < 4.78 is 0. The highest BCUT2D eigenvalue weighted by Crippen LogP contribution is 2.40. The van der Waals surface area contributed by atoms with E-state index in [1.807, 2.05) is 72.8 Å². The second-order valence-electron chi connectivity index (χ2n) is 6.84. The molecule has 2 N–H and O–H groups in total. The van der Waals surface area contributed by atoms with Crippen molar-refractivity contribution < 1.29 is 19.8 Å². The summed E-state index contributed by atoms with van der Waals surface area (Å²) in [7, 11) is 0. The molecule has 0 saturated heterocycles. The molecule has 0 heterocycles. The highest BCUT2D eigenvalue weighted by Gasteiger charge is 2.15.